The number of imide groups is 1. The van der Waals surface area contributed by atoms with Crippen molar-refractivity contribution in [1.82, 2.24) is 10.2 Å². The maximum Gasteiger partial charge on any atom is 0.338 e. The van der Waals surface area contributed by atoms with Crippen LogP contribution in [0.3, 0.4) is 0 Å². The van der Waals surface area contributed by atoms with Crippen LogP contribution in [0.4, 0.5) is 4.79 Å². The van der Waals surface area contributed by atoms with E-state index in [1.165, 1.54) is 12.1 Å². The van der Waals surface area contributed by atoms with E-state index in [0.717, 1.165) is 4.90 Å². The lowest BCUT2D eigenvalue weighted by atomic mass is 10.2. The Morgan fingerprint density at radius 3 is 2.73 bits per heavy atom. The molecule has 0 bridgehead atoms. The summed E-state index contributed by atoms with van der Waals surface area (Å²) in [5.74, 6) is -0.190. The van der Waals surface area contributed by atoms with Crippen LogP contribution in [0.1, 0.15) is 10.4 Å². The molecule has 1 N–H and O–H groups in total. The molecule has 0 atom stereocenters. The molecule has 0 unspecified atom stereocenters. The number of benzene rings is 1. The van der Waals surface area contributed by atoms with E-state index in [1.54, 1.807) is 6.07 Å². The highest BCUT2D eigenvalue weighted by Crippen LogP contribution is 2.30. The minimum absolute atomic E-state index is 0.253. The lowest BCUT2D eigenvalue weighted by Crippen LogP contribution is -2.37. The predicted molar refractivity (Wildman–Crippen MR) is 72.8 cm³/mol. The number of hydrogen-bond donors (Lipinski definition) is 1. The topological polar surface area (TPSA) is 94.2 Å². The molecule has 0 radical (unpaired) electrons. The molecule has 116 valence electrons. The summed E-state index contributed by atoms with van der Waals surface area (Å²) in [7, 11) is 0. The maximum atomic E-state index is 11.9. The quantitative estimate of drug-likeness (QED) is 0.800. The van der Waals surface area contributed by atoms with Gasteiger partial charge in [0.25, 0.3) is 5.91 Å². The SMILES string of the molecule is O=C(OCC(=O)N1CCNC1=O)c1ccc2c(c1)OCCO2. The van der Waals surface area contributed by atoms with Crippen molar-refractivity contribution in [3.05, 3.63) is 23.8 Å². The molecule has 3 amide bonds. The Morgan fingerprint density at radius 2 is 2.00 bits per heavy atom. The fourth-order valence-electron chi connectivity index (χ4n) is 2.17. The highest BCUT2D eigenvalue weighted by Gasteiger charge is 2.27. The molecule has 22 heavy (non-hydrogen) atoms. The van der Waals surface area contributed by atoms with Crippen LogP contribution in [0.25, 0.3) is 0 Å². The van der Waals surface area contributed by atoms with Gasteiger partial charge in [-0.25, -0.2) is 9.59 Å². The highest BCUT2D eigenvalue weighted by atomic mass is 16.6. The van der Waals surface area contributed by atoms with Crippen molar-refractivity contribution in [1.29, 1.82) is 0 Å². The third-order valence-corrected chi connectivity index (χ3v) is 3.26. The molecule has 0 saturated carbocycles. The first kappa shape index (κ1) is 14.2. The van der Waals surface area contributed by atoms with E-state index in [9.17, 15) is 14.4 Å². The summed E-state index contributed by atoms with van der Waals surface area (Å²) in [6.07, 6.45) is 0. The molecule has 0 aromatic heterocycles. The summed E-state index contributed by atoms with van der Waals surface area (Å²) >= 11 is 0. The van der Waals surface area contributed by atoms with Crippen LogP contribution in [0.2, 0.25) is 0 Å². The molecule has 8 heteroatoms. The number of rotatable bonds is 3. The smallest absolute Gasteiger partial charge is 0.338 e. The number of carbonyl (C=O) groups is 3. The van der Waals surface area contributed by atoms with Gasteiger partial charge < -0.3 is 19.5 Å². The molecule has 0 spiro atoms. The maximum absolute atomic E-state index is 11.9. The van der Waals surface area contributed by atoms with E-state index < -0.39 is 24.5 Å². The highest BCUT2D eigenvalue weighted by molar-refractivity contribution is 5.98. The van der Waals surface area contributed by atoms with Crippen molar-refractivity contribution >= 4 is 17.9 Å². The Hall–Kier alpha value is -2.77. The predicted octanol–water partition coefficient (Wildman–Crippen LogP) is 0.166. The fraction of sp³-hybridized carbons (Fsp3) is 0.357. The number of esters is 1. The lowest BCUT2D eigenvalue weighted by Gasteiger charge is -2.18. The minimum atomic E-state index is -0.662. The summed E-state index contributed by atoms with van der Waals surface area (Å²) in [6.45, 7) is 1.07. The van der Waals surface area contributed by atoms with Crippen LogP contribution in [-0.2, 0) is 9.53 Å². The summed E-state index contributed by atoms with van der Waals surface area (Å²) < 4.78 is 15.7. The Bertz CT molecular complexity index is 630. The van der Waals surface area contributed by atoms with Crippen LogP contribution in [0, 0.1) is 0 Å². The Kier molecular flexibility index (Phi) is 3.82. The molecule has 2 aliphatic rings. The van der Waals surface area contributed by atoms with Crippen molar-refractivity contribution in [2.24, 2.45) is 0 Å². The second-order valence-corrected chi connectivity index (χ2v) is 4.71. The number of ether oxygens (including phenoxy) is 3. The van der Waals surface area contributed by atoms with Gasteiger partial charge in [0.15, 0.2) is 18.1 Å². The molecule has 1 saturated heterocycles. The molecule has 2 aliphatic heterocycles. The van der Waals surface area contributed by atoms with Crippen molar-refractivity contribution in [2.45, 2.75) is 0 Å². The summed E-state index contributed by atoms with van der Waals surface area (Å²) in [6, 6.07) is 4.17. The first-order chi connectivity index (χ1) is 10.6. The van der Waals surface area contributed by atoms with Gasteiger partial charge >= 0.3 is 12.0 Å². The number of urea groups is 1. The molecule has 8 nitrogen and oxygen atoms in total. The second kappa shape index (κ2) is 5.92. The zero-order chi connectivity index (χ0) is 15.5. The van der Waals surface area contributed by atoms with E-state index in [4.69, 9.17) is 14.2 Å². The molecule has 2 heterocycles. The van der Waals surface area contributed by atoms with Crippen LogP contribution in [0.15, 0.2) is 18.2 Å². The Balaban J connectivity index is 1.60. The van der Waals surface area contributed by atoms with E-state index >= 15 is 0 Å². The van der Waals surface area contributed by atoms with Crippen molar-refractivity contribution in [3.8, 4) is 11.5 Å². The molecule has 1 aromatic carbocycles. The minimum Gasteiger partial charge on any atom is -0.486 e. The van der Waals surface area contributed by atoms with Crippen LogP contribution in [0.5, 0.6) is 11.5 Å². The molecule has 1 fully saturated rings. The van der Waals surface area contributed by atoms with Gasteiger partial charge in [-0.3, -0.25) is 9.69 Å². The zero-order valence-electron chi connectivity index (χ0n) is 11.7. The number of nitrogens with zero attached hydrogens (tertiary/aromatic N) is 1. The van der Waals surface area contributed by atoms with Gasteiger partial charge in [0, 0.05) is 13.1 Å². The van der Waals surface area contributed by atoms with E-state index in [0.29, 0.717) is 31.3 Å². The first-order valence-corrected chi connectivity index (χ1v) is 6.80. The van der Waals surface area contributed by atoms with Gasteiger partial charge in [-0.05, 0) is 18.2 Å². The Morgan fingerprint density at radius 1 is 1.23 bits per heavy atom. The lowest BCUT2D eigenvalue weighted by molar-refractivity contribution is -0.130. The van der Waals surface area contributed by atoms with Gasteiger partial charge in [0.05, 0.1) is 5.56 Å². The molecular weight excluding hydrogens is 292 g/mol. The normalized spacial score (nSPS) is 16.2. The monoisotopic (exact) mass is 306 g/mol. The first-order valence-electron chi connectivity index (χ1n) is 6.80. The fourth-order valence-corrected chi connectivity index (χ4v) is 2.17. The number of hydrogen-bond acceptors (Lipinski definition) is 6. The largest absolute Gasteiger partial charge is 0.486 e. The van der Waals surface area contributed by atoms with Gasteiger partial charge in [0.1, 0.15) is 13.2 Å². The van der Waals surface area contributed by atoms with Crippen molar-refractivity contribution < 1.29 is 28.6 Å². The number of nitrogens with one attached hydrogen (secondary N) is 1. The average Bonchev–Trinajstić information content (AvgIpc) is 2.98. The summed E-state index contributed by atoms with van der Waals surface area (Å²) in [4.78, 5) is 36.0. The van der Waals surface area contributed by atoms with E-state index in [1.807, 2.05) is 0 Å². The number of amides is 3. The van der Waals surface area contributed by atoms with Crippen LogP contribution in [-0.4, -0.2) is 55.7 Å². The van der Waals surface area contributed by atoms with Gasteiger partial charge in [-0.2, -0.15) is 0 Å². The molecular formula is C14H14N2O6. The third-order valence-electron chi connectivity index (χ3n) is 3.26. The Labute approximate surface area is 125 Å². The van der Waals surface area contributed by atoms with Gasteiger partial charge in [-0.1, -0.05) is 0 Å². The van der Waals surface area contributed by atoms with Crippen LogP contribution >= 0.6 is 0 Å². The van der Waals surface area contributed by atoms with Crippen molar-refractivity contribution in [2.75, 3.05) is 32.9 Å². The average molecular weight is 306 g/mol. The zero-order valence-corrected chi connectivity index (χ0v) is 11.7. The standard InChI is InChI=1S/C14H14N2O6/c17-12(16-4-3-15-14(16)19)8-22-13(18)9-1-2-10-11(7-9)21-6-5-20-10/h1-2,7H,3-6,8H2,(H,15,19). The number of carbonyl (C=O) groups excluding carboxylic acids is 3. The third kappa shape index (κ3) is 2.80. The number of fused-ring (bicyclic) bond motifs is 1. The summed E-state index contributed by atoms with van der Waals surface area (Å²) in [5, 5.41) is 2.50. The van der Waals surface area contributed by atoms with E-state index in [-0.39, 0.29) is 12.1 Å². The molecule has 0 aliphatic carbocycles. The van der Waals surface area contributed by atoms with E-state index in [2.05, 4.69) is 5.32 Å². The molecule has 1 aromatic rings. The van der Waals surface area contributed by atoms with Gasteiger partial charge in [0.2, 0.25) is 0 Å². The molecule has 3 rings (SSSR count). The van der Waals surface area contributed by atoms with Crippen molar-refractivity contribution in [3.63, 3.8) is 0 Å². The van der Waals surface area contributed by atoms with Crippen LogP contribution < -0.4 is 14.8 Å². The summed E-state index contributed by atoms with van der Waals surface area (Å²) in [5.41, 5.74) is 0.253. The van der Waals surface area contributed by atoms with Gasteiger partial charge in [-0.15, -0.1) is 0 Å². The second-order valence-electron chi connectivity index (χ2n) is 4.71.